The van der Waals surface area contributed by atoms with Crippen LogP contribution < -0.4 is 10.5 Å². The van der Waals surface area contributed by atoms with Gasteiger partial charge in [0.1, 0.15) is 5.75 Å². The Morgan fingerprint density at radius 2 is 2.29 bits per heavy atom. The van der Waals surface area contributed by atoms with E-state index in [1.165, 1.54) is 5.56 Å². The third-order valence-corrected chi connectivity index (χ3v) is 3.86. The van der Waals surface area contributed by atoms with Crippen LogP contribution in [0.3, 0.4) is 0 Å². The molecule has 1 fully saturated rings. The summed E-state index contributed by atoms with van der Waals surface area (Å²) in [5.41, 5.74) is 6.91. The second kappa shape index (κ2) is 5.25. The predicted molar refractivity (Wildman–Crippen MR) is 70.5 cm³/mol. The maximum absolute atomic E-state index is 6.31. The van der Waals surface area contributed by atoms with Crippen molar-refractivity contribution in [1.29, 1.82) is 0 Å². The zero-order chi connectivity index (χ0) is 12.4. The Labute approximate surface area is 107 Å². The highest BCUT2D eigenvalue weighted by Gasteiger charge is 2.30. The molecule has 0 saturated carbocycles. The molecule has 2 rings (SSSR count). The van der Waals surface area contributed by atoms with Crippen molar-refractivity contribution in [2.24, 2.45) is 11.7 Å². The number of hydrogen-bond donors (Lipinski definition) is 1. The third kappa shape index (κ3) is 2.57. The summed E-state index contributed by atoms with van der Waals surface area (Å²) in [6.07, 6.45) is 1.08. The van der Waals surface area contributed by atoms with Gasteiger partial charge in [0.05, 0.1) is 7.11 Å². The van der Waals surface area contributed by atoms with Gasteiger partial charge in [-0.3, -0.25) is 4.90 Å². The lowest BCUT2D eigenvalue weighted by Crippen LogP contribution is -2.20. The Balaban J connectivity index is 2.22. The van der Waals surface area contributed by atoms with Crippen molar-refractivity contribution in [1.82, 2.24) is 4.90 Å². The Hall–Kier alpha value is -0.770. The van der Waals surface area contributed by atoms with Gasteiger partial charge in [0.15, 0.2) is 0 Å². The summed E-state index contributed by atoms with van der Waals surface area (Å²) < 4.78 is 5.16. The minimum absolute atomic E-state index is 0.377. The fourth-order valence-corrected chi connectivity index (χ4v) is 2.84. The molecule has 0 aliphatic carbocycles. The van der Waals surface area contributed by atoms with Crippen LogP contribution in [0.25, 0.3) is 0 Å². The second-order valence-electron chi connectivity index (χ2n) is 4.68. The van der Waals surface area contributed by atoms with E-state index in [1.807, 2.05) is 12.1 Å². The fraction of sp³-hybridized carbons (Fsp3) is 0.538. The van der Waals surface area contributed by atoms with Gasteiger partial charge in [-0.05, 0) is 43.6 Å². The molecule has 0 spiro atoms. The van der Waals surface area contributed by atoms with Crippen molar-refractivity contribution >= 4 is 11.6 Å². The summed E-state index contributed by atoms with van der Waals surface area (Å²) in [4.78, 5) is 2.32. The quantitative estimate of drug-likeness (QED) is 0.900. The maximum Gasteiger partial charge on any atom is 0.120 e. The molecule has 1 aromatic carbocycles. The number of benzene rings is 1. The lowest BCUT2D eigenvalue weighted by atomic mass is 10.00. The molecular weight excluding hydrogens is 236 g/mol. The van der Waals surface area contributed by atoms with Crippen LogP contribution in [0.4, 0.5) is 0 Å². The summed E-state index contributed by atoms with van der Waals surface area (Å²) in [6, 6.07) is 6.27. The monoisotopic (exact) mass is 254 g/mol. The van der Waals surface area contributed by atoms with E-state index in [0.29, 0.717) is 12.0 Å². The second-order valence-corrected chi connectivity index (χ2v) is 5.09. The van der Waals surface area contributed by atoms with Crippen LogP contribution in [0.2, 0.25) is 5.02 Å². The van der Waals surface area contributed by atoms with Gasteiger partial charge in [-0.25, -0.2) is 0 Å². The van der Waals surface area contributed by atoms with Gasteiger partial charge in [-0.15, -0.1) is 0 Å². The van der Waals surface area contributed by atoms with Crippen molar-refractivity contribution in [2.75, 3.05) is 27.2 Å². The van der Waals surface area contributed by atoms with Gasteiger partial charge in [0.25, 0.3) is 0 Å². The van der Waals surface area contributed by atoms with Crippen LogP contribution in [0.5, 0.6) is 5.75 Å². The number of likely N-dealkylation sites (tertiary alicyclic amines) is 1. The van der Waals surface area contributed by atoms with Gasteiger partial charge >= 0.3 is 0 Å². The third-order valence-electron chi connectivity index (χ3n) is 3.53. The minimum atomic E-state index is 0.377. The Morgan fingerprint density at radius 3 is 2.82 bits per heavy atom. The molecule has 0 aromatic heterocycles. The normalized spacial score (nSPS) is 25.2. The Bertz CT molecular complexity index is 397. The highest BCUT2D eigenvalue weighted by molar-refractivity contribution is 6.31. The van der Waals surface area contributed by atoms with E-state index in [2.05, 4.69) is 18.0 Å². The maximum atomic E-state index is 6.31. The number of rotatable bonds is 3. The van der Waals surface area contributed by atoms with Crippen LogP contribution in [-0.4, -0.2) is 32.1 Å². The Morgan fingerprint density at radius 1 is 1.53 bits per heavy atom. The predicted octanol–water partition coefficient (Wildman–Crippen LogP) is 2.30. The van der Waals surface area contributed by atoms with Crippen LogP contribution >= 0.6 is 11.6 Å². The van der Waals surface area contributed by atoms with Crippen molar-refractivity contribution in [2.45, 2.75) is 12.5 Å². The van der Waals surface area contributed by atoms with Crippen molar-refractivity contribution in [3.05, 3.63) is 28.8 Å². The smallest absolute Gasteiger partial charge is 0.120 e. The highest BCUT2D eigenvalue weighted by atomic mass is 35.5. The van der Waals surface area contributed by atoms with E-state index in [-0.39, 0.29) is 0 Å². The molecule has 2 atom stereocenters. The van der Waals surface area contributed by atoms with E-state index >= 15 is 0 Å². The summed E-state index contributed by atoms with van der Waals surface area (Å²) in [7, 11) is 3.78. The number of ether oxygens (including phenoxy) is 1. The van der Waals surface area contributed by atoms with E-state index in [1.54, 1.807) is 7.11 Å². The zero-order valence-electron chi connectivity index (χ0n) is 10.3. The molecule has 1 heterocycles. The molecule has 1 aromatic rings. The van der Waals surface area contributed by atoms with E-state index in [0.717, 1.165) is 30.3 Å². The first-order valence-corrected chi connectivity index (χ1v) is 6.27. The van der Waals surface area contributed by atoms with Crippen LogP contribution in [0, 0.1) is 5.92 Å². The number of halogens is 1. The topological polar surface area (TPSA) is 38.5 Å². The average molecular weight is 255 g/mol. The zero-order valence-corrected chi connectivity index (χ0v) is 11.1. The number of hydrogen-bond acceptors (Lipinski definition) is 3. The van der Waals surface area contributed by atoms with E-state index in [4.69, 9.17) is 22.1 Å². The van der Waals surface area contributed by atoms with Crippen molar-refractivity contribution < 1.29 is 4.74 Å². The first-order chi connectivity index (χ1) is 8.15. The molecule has 2 N–H and O–H groups in total. The largest absolute Gasteiger partial charge is 0.497 e. The molecule has 17 heavy (non-hydrogen) atoms. The molecule has 94 valence electrons. The summed E-state index contributed by atoms with van der Waals surface area (Å²) in [5, 5.41) is 0.777. The highest BCUT2D eigenvalue weighted by Crippen LogP contribution is 2.38. The first-order valence-electron chi connectivity index (χ1n) is 5.89. The molecule has 1 saturated heterocycles. The molecule has 3 nitrogen and oxygen atoms in total. The SMILES string of the molecule is COc1ccc(C2CC(CN)CN2C)c(Cl)c1. The summed E-state index contributed by atoms with van der Waals surface area (Å²) in [6.45, 7) is 1.79. The average Bonchev–Trinajstić information content (AvgIpc) is 2.70. The summed E-state index contributed by atoms with van der Waals surface area (Å²) in [5.74, 6) is 1.37. The molecule has 1 aliphatic heterocycles. The number of nitrogens with zero attached hydrogens (tertiary/aromatic N) is 1. The molecular formula is C13H19ClN2O. The lowest BCUT2D eigenvalue weighted by Gasteiger charge is -2.21. The molecule has 1 aliphatic rings. The fourth-order valence-electron chi connectivity index (χ4n) is 2.54. The Kier molecular flexibility index (Phi) is 3.92. The lowest BCUT2D eigenvalue weighted by molar-refractivity contribution is 0.313. The first kappa shape index (κ1) is 12.7. The van der Waals surface area contributed by atoms with Crippen molar-refractivity contribution in [3.63, 3.8) is 0 Å². The summed E-state index contributed by atoms with van der Waals surface area (Å²) >= 11 is 6.31. The number of methoxy groups -OCH3 is 1. The molecule has 2 unspecified atom stereocenters. The van der Waals surface area contributed by atoms with E-state index in [9.17, 15) is 0 Å². The molecule has 0 bridgehead atoms. The van der Waals surface area contributed by atoms with Crippen LogP contribution in [0.15, 0.2) is 18.2 Å². The van der Waals surface area contributed by atoms with Gasteiger partial charge in [-0.2, -0.15) is 0 Å². The van der Waals surface area contributed by atoms with E-state index < -0.39 is 0 Å². The van der Waals surface area contributed by atoms with Crippen molar-refractivity contribution in [3.8, 4) is 5.75 Å². The van der Waals surface area contributed by atoms with Crippen LogP contribution in [0.1, 0.15) is 18.0 Å². The van der Waals surface area contributed by atoms with Gasteiger partial charge < -0.3 is 10.5 Å². The van der Waals surface area contributed by atoms with Gasteiger partial charge in [0.2, 0.25) is 0 Å². The molecule has 4 heteroatoms. The molecule has 0 amide bonds. The van der Waals surface area contributed by atoms with Gasteiger partial charge in [0, 0.05) is 17.6 Å². The minimum Gasteiger partial charge on any atom is -0.497 e. The standard InChI is InChI=1S/C13H19ClN2O/c1-16-8-9(7-15)5-13(16)11-4-3-10(17-2)6-12(11)14/h3-4,6,9,13H,5,7-8,15H2,1-2H3. The number of nitrogens with two attached hydrogens (primary N) is 1. The van der Waals surface area contributed by atoms with Gasteiger partial charge in [-0.1, -0.05) is 17.7 Å². The molecule has 0 radical (unpaired) electrons. The van der Waals surface area contributed by atoms with Crippen LogP contribution in [-0.2, 0) is 0 Å².